The molecule has 1 atom stereocenters. The van der Waals surface area contributed by atoms with Gasteiger partial charge in [-0.3, -0.25) is 4.84 Å². The molecule has 3 nitrogen and oxygen atoms in total. The minimum absolute atomic E-state index is 0.181. The van der Waals surface area contributed by atoms with Crippen molar-refractivity contribution in [2.24, 2.45) is 0 Å². The third-order valence-corrected chi connectivity index (χ3v) is 2.43. The van der Waals surface area contributed by atoms with Gasteiger partial charge in [-0.15, -0.1) is 0 Å². The summed E-state index contributed by atoms with van der Waals surface area (Å²) in [5, 5.41) is 0. The SMILES string of the molecule is CCC(NOC(C)(C)C)c1ccc(OC)cc1. The van der Waals surface area contributed by atoms with E-state index in [9.17, 15) is 0 Å². The number of ether oxygens (including phenoxy) is 1. The average molecular weight is 237 g/mol. The summed E-state index contributed by atoms with van der Waals surface area (Å²) in [6.45, 7) is 8.22. The van der Waals surface area contributed by atoms with Gasteiger partial charge in [-0.1, -0.05) is 19.1 Å². The van der Waals surface area contributed by atoms with Crippen LogP contribution in [0.5, 0.6) is 5.75 Å². The highest BCUT2D eigenvalue weighted by Crippen LogP contribution is 2.21. The van der Waals surface area contributed by atoms with Crippen molar-refractivity contribution < 1.29 is 9.57 Å². The van der Waals surface area contributed by atoms with Crippen LogP contribution in [0.1, 0.15) is 45.7 Å². The van der Waals surface area contributed by atoms with Gasteiger partial charge in [0.2, 0.25) is 0 Å². The summed E-state index contributed by atoms with van der Waals surface area (Å²) in [7, 11) is 1.67. The zero-order chi connectivity index (χ0) is 12.9. The van der Waals surface area contributed by atoms with Crippen LogP contribution in [0.2, 0.25) is 0 Å². The maximum atomic E-state index is 5.61. The lowest BCUT2D eigenvalue weighted by Gasteiger charge is -2.24. The van der Waals surface area contributed by atoms with Crippen molar-refractivity contribution in [3.8, 4) is 5.75 Å². The van der Waals surface area contributed by atoms with Crippen LogP contribution in [0.4, 0.5) is 0 Å². The lowest BCUT2D eigenvalue weighted by Crippen LogP contribution is -2.31. The van der Waals surface area contributed by atoms with Crippen LogP contribution in [0, 0.1) is 0 Å². The van der Waals surface area contributed by atoms with E-state index in [4.69, 9.17) is 9.57 Å². The zero-order valence-electron chi connectivity index (χ0n) is 11.4. The molecule has 1 unspecified atom stereocenters. The smallest absolute Gasteiger partial charge is 0.118 e. The Labute approximate surface area is 104 Å². The second-order valence-corrected chi connectivity index (χ2v) is 5.07. The van der Waals surface area contributed by atoms with Gasteiger partial charge in [-0.2, -0.15) is 5.48 Å². The largest absolute Gasteiger partial charge is 0.497 e. The molecule has 3 heteroatoms. The monoisotopic (exact) mass is 237 g/mol. The Kier molecular flexibility index (Phi) is 4.97. The quantitative estimate of drug-likeness (QED) is 0.795. The third-order valence-electron chi connectivity index (χ3n) is 2.43. The molecule has 96 valence electrons. The van der Waals surface area contributed by atoms with Gasteiger partial charge in [0.15, 0.2) is 0 Å². The van der Waals surface area contributed by atoms with Gasteiger partial charge in [0.25, 0.3) is 0 Å². The van der Waals surface area contributed by atoms with Crippen LogP contribution >= 0.6 is 0 Å². The van der Waals surface area contributed by atoms with Gasteiger partial charge in [0.05, 0.1) is 18.8 Å². The summed E-state index contributed by atoms with van der Waals surface area (Å²) in [5.74, 6) is 0.875. The fourth-order valence-electron chi connectivity index (χ4n) is 1.47. The molecule has 0 aliphatic heterocycles. The first kappa shape index (κ1) is 14.0. The molecule has 0 saturated carbocycles. The fraction of sp³-hybridized carbons (Fsp3) is 0.571. The molecule has 0 aromatic heterocycles. The van der Waals surface area contributed by atoms with Crippen LogP contribution < -0.4 is 10.2 Å². The number of benzene rings is 1. The maximum Gasteiger partial charge on any atom is 0.118 e. The van der Waals surface area contributed by atoms with Crippen molar-refractivity contribution in [3.05, 3.63) is 29.8 Å². The maximum absolute atomic E-state index is 5.61. The minimum atomic E-state index is -0.181. The highest BCUT2D eigenvalue weighted by molar-refractivity contribution is 5.28. The van der Waals surface area contributed by atoms with Crippen molar-refractivity contribution in [2.45, 2.75) is 45.8 Å². The van der Waals surface area contributed by atoms with Crippen molar-refractivity contribution in [1.29, 1.82) is 0 Å². The number of hydroxylamine groups is 1. The van der Waals surface area contributed by atoms with E-state index in [1.807, 2.05) is 32.9 Å². The topological polar surface area (TPSA) is 30.5 Å². The molecular formula is C14H23NO2. The molecule has 0 amide bonds. The van der Waals surface area contributed by atoms with Crippen LogP contribution in [0.25, 0.3) is 0 Å². The van der Waals surface area contributed by atoms with Crippen molar-refractivity contribution in [2.75, 3.05) is 7.11 Å². The molecule has 0 aliphatic rings. The number of nitrogens with one attached hydrogen (secondary N) is 1. The molecule has 0 heterocycles. The minimum Gasteiger partial charge on any atom is -0.497 e. The van der Waals surface area contributed by atoms with E-state index in [-0.39, 0.29) is 11.6 Å². The molecule has 1 rings (SSSR count). The molecule has 0 saturated heterocycles. The standard InChI is InChI=1S/C14H23NO2/c1-6-13(15-17-14(2,3)4)11-7-9-12(16-5)10-8-11/h7-10,13,15H,6H2,1-5H3. The zero-order valence-corrected chi connectivity index (χ0v) is 11.4. The van der Waals surface area contributed by atoms with Gasteiger partial charge in [-0.05, 0) is 44.9 Å². The Balaban J connectivity index is 2.66. The number of hydrogen-bond donors (Lipinski definition) is 1. The number of hydrogen-bond acceptors (Lipinski definition) is 3. The van der Waals surface area contributed by atoms with Crippen molar-refractivity contribution in [3.63, 3.8) is 0 Å². The van der Waals surface area contributed by atoms with Crippen LogP contribution in [0.15, 0.2) is 24.3 Å². The first-order valence-electron chi connectivity index (χ1n) is 6.03. The normalized spacial score (nSPS) is 13.5. The van der Waals surface area contributed by atoms with E-state index < -0.39 is 0 Å². The molecule has 0 aliphatic carbocycles. The Morgan fingerprint density at radius 3 is 2.18 bits per heavy atom. The van der Waals surface area contributed by atoms with Gasteiger partial charge in [0.1, 0.15) is 5.75 Å². The van der Waals surface area contributed by atoms with Crippen molar-refractivity contribution >= 4 is 0 Å². The Hall–Kier alpha value is -1.06. The van der Waals surface area contributed by atoms with Gasteiger partial charge >= 0.3 is 0 Å². The van der Waals surface area contributed by atoms with Crippen LogP contribution in [-0.4, -0.2) is 12.7 Å². The molecular weight excluding hydrogens is 214 g/mol. The van der Waals surface area contributed by atoms with Gasteiger partial charge in [0, 0.05) is 0 Å². The molecule has 0 fully saturated rings. The van der Waals surface area contributed by atoms with E-state index in [0.717, 1.165) is 12.2 Å². The number of methoxy groups -OCH3 is 1. The predicted molar refractivity (Wildman–Crippen MR) is 70.0 cm³/mol. The van der Waals surface area contributed by atoms with E-state index in [1.165, 1.54) is 5.56 Å². The van der Waals surface area contributed by atoms with E-state index in [0.29, 0.717) is 0 Å². The fourth-order valence-corrected chi connectivity index (χ4v) is 1.47. The van der Waals surface area contributed by atoms with E-state index >= 15 is 0 Å². The Morgan fingerprint density at radius 2 is 1.76 bits per heavy atom. The first-order chi connectivity index (χ1) is 7.96. The molecule has 0 radical (unpaired) electrons. The van der Waals surface area contributed by atoms with E-state index in [1.54, 1.807) is 7.11 Å². The average Bonchev–Trinajstić information content (AvgIpc) is 2.29. The lowest BCUT2D eigenvalue weighted by molar-refractivity contribution is -0.0896. The summed E-state index contributed by atoms with van der Waals surface area (Å²) in [6, 6.07) is 8.27. The second kappa shape index (κ2) is 6.03. The Bertz CT molecular complexity index is 327. The molecule has 1 aromatic carbocycles. The highest BCUT2D eigenvalue weighted by atomic mass is 16.7. The summed E-state index contributed by atoms with van der Waals surface area (Å²) < 4.78 is 5.15. The number of rotatable bonds is 5. The van der Waals surface area contributed by atoms with Gasteiger partial charge < -0.3 is 4.74 Å². The van der Waals surface area contributed by atoms with Crippen LogP contribution in [0.3, 0.4) is 0 Å². The first-order valence-corrected chi connectivity index (χ1v) is 6.03. The Morgan fingerprint density at radius 1 is 1.18 bits per heavy atom. The van der Waals surface area contributed by atoms with Crippen LogP contribution in [-0.2, 0) is 4.84 Å². The summed E-state index contributed by atoms with van der Waals surface area (Å²) in [6.07, 6.45) is 0.975. The van der Waals surface area contributed by atoms with Crippen molar-refractivity contribution in [1.82, 2.24) is 5.48 Å². The molecule has 17 heavy (non-hydrogen) atoms. The van der Waals surface area contributed by atoms with Gasteiger partial charge in [-0.25, -0.2) is 0 Å². The third kappa shape index (κ3) is 4.75. The predicted octanol–water partition coefficient (Wildman–Crippen LogP) is 3.47. The highest BCUT2D eigenvalue weighted by Gasteiger charge is 2.15. The summed E-state index contributed by atoms with van der Waals surface area (Å²) >= 11 is 0. The molecule has 1 aromatic rings. The molecule has 0 bridgehead atoms. The summed E-state index contributed by atoms with van der Waals surface area (Å²) in [4.78, 5) is 5.61. The second-order valence-electron chi connectivity index (χ2n) is 5.07. The lowest BCUT2D eigenvalue weighted by atomic mass is 10.1. The summed E-state index contributed by atoms with van der Waals surface area (Å²) in [5.41, 5.74) is 4.15. The molecule has 1 N–H and O–H groups in total. The van der Waals surface area contributed by atoms with E-state index in [2.05, 4.69) is 24.5 Å². The molecule has 0 spiro atoms.